The van der Waals surface area contributed by atoms with E-state index in [0.717, 1.165) is 9.35 Å². The molecule has 0 unspecified atom stereocenters. The zero-order valence-corrected chi connectivity index (χ0v) is 11.8. The number of halogens is 2. The molecule has 1 aromatic heterocycles. The van der Waals surface area contributed by atoms with Crippen LogP contribution < -0.4 is 4.74 Å². The van der Waals surface area contributed by atoms with Crippen LogP contribution in [0, 0.1) is 0 Å². The third-order valence-corrected chi connectivity index (χ3v) is 4.12. The van der Waals surface area contributed by atoms with Crippen molar-refractivity contribution in [3.05, 3.63) is 49.6 Å². The van der Waals surface area contributed by atoms with Gasteiger partial charge in [0.05, 0.1) is 10.6 Å². The second-order valence-corrected chi connectivity index (χ2v) is 5.61. The van der Waals surface area contributed by atoms with Crippen LogP contribution in [0.1, 0.15) is 15.2 Å². The van der Waals surface area contributed by atoms with Crippen LogP contribution >= 0.6 is 38.9 Å². The predicted octanol–water partition coefficient (Wildman–Crippen LogP) is 4.56. The van der Waals surface area contributed by atoms with Crippen molar-refractivity contribution in [1.82, 2.24) is 0 Å². The van der Waals surface area contributed by atoms with E-state index >= 15 is 0 Å². The van der Waals surface area contributed by atoms with Crippen molar-refractivity contribution in [3.8, 4) is 5.75 Å². The van der Waals surface area contributed by atoms with Gasteiger partial charge in [-0.05, 0) is 34.1 Å². The Labute approximate surface area is 116 Å². The molecular formula is C12H8BrClO2S. The van der Waals surface area contributed by atoms with Crippen LogP contribution in [-0.2, 0) is 6.61 Å². The maximum Gasteiger partial charge on any atom is 0.155 e. The van der Waals surface area contributed by atoms with Crippen LogP contribution in [-0.4, -0.2) is 6.29 Å². The number of rotatable bonds is 4. The Kier molecular flexibility index (Phi) is 4.20. The lowest BCUT2D eigenvalue weighted by molar-refractivity contribution is 0.111. The van der Waals surface area contributed by atoms with Gasteiger partial charge < -0.3 is 4.74 Å². The summed E-state index contributed by atoms with van der Waals surface area (Å²) in [6, 6.07) is 7.14. The van der Waals surface area contributed by atoms with Crippen molar-refractivity contribution in [2.24, 2.45) is 0 Å². The highest BCUT2D eigenvalue weighted by atomic mass is 79.9. The molecule has 5 heteroatoms. The largest absolute Gasteiger partial charge is 0.487 e. The second-order valence-electron chi connectivity index (χ2n) is 3.29. The third-order valence-electron chi connectivity index (χ3n) is 2.12. The second kappa shape index (κ2) is 5.67. The molecule has 2 aromatic rings. The Morgan fingerprint density at radius 1 is 1.47 bits per heavy atom. The molecule has 0 spiro atoms. The van der Waals surface area contributed by atoms with E-state index in [0.29, 0.717) is 29.2 Å². The van der Waals surface area contributed by atoms with Gasteiger partial charge in [0.25, 0.3) is 0 Å². The van der Waals surface area contributed by atoms with E-state index in [2.05, 4.69) is 15.9 Å². The first-order valence-corrected chi connectivity index (χ1v) is 6.85. The van der Waals surface area contributed by atoms with Crippen molar-refractivity contribution >= 4 is 45.2 Å². The molecule has 0 radical (unpaired) electrons. The number of ether oxygens (including phenoxy) is 1. The maximum absolute atomic E-state index is 10.9. The summed E-state index contributed by atoms with van der Waals surface area (Å²) in [5.41, 5.74) is 0.393. The highest BCUT2D eigenvalue weighted by Gasteiger charge is 2.07. The van der Waals surface area contributed by atoms with Crippen molar-refractivity contribution in [2.75, 3.05) is 0 Å². The van der Waals surface area contributed by atoms with E-state index in [4.69, 9.17) is 16.3 Å². The summed E-state index contributed by atoms with van der Waals surface area (Å²) in [5.74, 6) is 0.511. The fraction of sp³-hybridized carbons (Fsp3) is 0.0833. The van der Waals surface area contributed by atoms with Crippen molar-refractivity contribution in [3.63, 3.8) is 0 Å². The minimum atomic E-state index is 0.393. The van der Waals surface area contributed by atoms with Crippen LogP contribution in [0.25, 0.3) is 0 Å². The molecule has 0 fully saturated rings. The van der Waals surface area contributed by atoms with Crippen LogP contribution in [0.4, 0.5) is 0 Å². The average Bonchev–Trinajstić information content (AvgIpc) is 2.72. The highest BCUT2D eigenvalue weighted by Crippen LogP contribution is 2.26. The standard InChI is InChI=1S/C12H8BrClO2S/c13-8-4-9(17-7-8)6-16-12-3-1-2-11(14)10(12)5-15/h1-5,7H,6H2. The zero-order valence-electron chi connectivity index (χ0n) is 8.65. The molecule has 0 saturated carbocycles. The Morgan fingerprint density at radius 3 is 2.94 bits per heavy atom. The summed E-state index contributed by atoms with van der Waals surface area (Å²) >= 11 is 10.9. The molecule has 1 aromatic carbocycles. The normalized spacial score (nSPS) is 10.2. The molecular weight excluding hydrogens is 324 g/mol. The predicted molar refractivity (Wildman–Crippen MR) is 73.2 cm³/mol. The van der Waals surface area contributed by atoms with Gasteiger partial charge in [-0.3, -0.25) is 4.79 Å². The molecule has 0 aliphatic heterocycles. The average molecular weight is 332 g/mol. The molecule has 0 bridgehead atoms. The summed E-state index contributed by atoms with van der Waals surface area (Å²) in [6.45, 7) is 0.428. The molecule has 0 aliphatic rings. The van der Waals surface area contributed by atoms with Gasteiger partial charge >= 0.3 is 0 Å². The van der Waals surface area contributed by atoms with Crippen LogP contribution in [0.15, 0.2) is 34.1 Å². The van der Waals surface area contributed by atoms with E-state index < -0.39 is 0 Å². The Morgan fingerprint density at radius 2 is 2.29 bits per heavy atom. The lowest BCUT2D eigenvalue weighted by Crippen LogP contribution is -1.97. The Hall–Kier alpha value is -0.840. The van der Waals surface area contributed by atoms with E-state index in [1.807, 2.05) is 11.4 Å². The zero-order chi connectivity index (χ0) is 12.3. The number of carbonyl (C=O) groups is 1. The first kappa shape index (κ1) is 12.6. The molecule has 2 rings (SSSR count). The van der Waals surface area contributed by atoms with E-state index in [9.17, 15) is 4.79 Å². The number of hydrogen-bond donors (Lipinski definition) is 0. The molecule has 88 valence electrons. The SMILES string of the molecule is O=Cc1c(Cl)cccc1OCc1cc(Br)cs1. The third kappa shape index (κ3) is 3.09. The quantitative estimate of drug-likeness (QED) is 0.768. The maximum atomic E-state index is 10.9. The number of thiophene rings is 1. The number of benzene rings is 1. The van der Waals surface area contributed by atoms with Crippen LogP contribution in [0.5, 0.6) is 5.75 Å². The summed E-state index contributed by atoms with van der Waals surface area (Å²) in [7, 11) is 0. The lowest BCUT2D eigenvalue weighted by atomic mass is 10.2. The summed E-state index contributed by atoms with van der Waals surface area (Å²) in [6.07, 6.45) is 0.710. The summed E-state index contributed by atoms with van der Waals surface area (Å²) in [4.78, 5) is 12.0. The topological polar surface area (TPSA) is 26.3 Å². The lowest BCUT2D eigenvalue weighted by Gasteiger charge is -2.07. The first-order valence-electron chi connectivity index (χ1n) is 4.80. The van der Waals surface area contributed by atoms with Crippen molar-refractivity contribution < 1.29 is 9.53 Å². The van der Waals surface area contributed by atoms with Gasteiger partial charge in [0.15, 0.2) is 6.29 Å². The minimum absolute atomic E-state index is 0.393. The van der Waals surface area contributed by atoms with Gasteiger partial charge in [0.2, 0.25) is 0 Å². The number of carbonyl (C=O) groups excluding carboxylic acids is 1. The van der Waals surface area contributed by atoms with Gasteiger partial charge in [0.1, 0.15) is 12.4 Å². The molecule has 2 nitrogen and oxygen atoms in total. The van der Waals surface area contributed by atoms with E-state index in [1.165, 1.54) is 0 Å². The minimum Gasteiger partial charge on any atom is -0.487 e. The molecule has 1 heterocycles. The van der Waals surface area contributed by atoms with Gasteiger partial charge in [-0.1, -0.05) is 17.7 Å². The number of aldehydes is 1. The van der Waals surface area contributed by atoms with Gasteiger partial charge in [-0.2, -0.15) is 0 Å². The molecule has 0 saturated heterocycles. The molecule has 0 N–H and O–H groups in total. The Balaban J connectivity index is 2.14. The van der Waals surface area contributed by atoms with Crippen LogP contribution in [0.2, 0.25) is 5.02 Å². The monoisotopic (exact) mass is 330 g/mol. The van der Waals surface area contributed by atoms with Gasteiger partial charge in [-0.15, -0.1) is 11.3 Å². The molecule has 0 aliphatic carbocycles. The van der Waals surface area contributed by atoms with Crippen molar-refractivity contribution in [1.29, 1.82) is 0 Å². The molecule has 17 heavy (non-hydrogen) atoms. The summed E-state index contributed by atoms with van der Waals surface area (Å²) < 4.78 is 6.61. The molecule has 0 amide bonds. The fourth-order valence-corrected chi connectivity index (χ4v) is 2.91. The molecule has 0 atom stereocenters. The fourth-order valence-electron chi connectivity index (χ4n) is 1.34. The first-order chi connectivity index (χ1) is 8.20. The van der Waals surface area contributed by atoms with Gasteiger partial charge in [-0.25, -0.2) is 0 Å². The van der Waals surface area contributed by atoms with E-state index in [-0.39, 0.29) is 0 Å². The highest BCUT2D eigenvalue weighted by molar-refractivity contribution is 9.10. The van der Waals surface area contributed by atoms with Gasteiger partial charge in [0, 0.05) is 14.7 Å². The Bertz CT molecular complexity index is 539. The van der Waals surface area contributed by atoms with E-state index in [1.54, 1.807) is 29.5 Å². The summed E-state index contributed by atoms with van der Waals surface area (Å²) in [5, 5.41) is 2.39. The number of hydrogen-bond acceptors (Lipinski definition) is 3. The van der Waals surface area contributed by atoms with Crippen molar-refractivity contribution in [2.45, 2.75) is 6.61 Å². The smallest absolute Gasteiger partial charge is 0.155 e. The van der Waals surface area contributed by atoms with Crippen LogP contribution in [0.3, 0.4) is 0 Å².